The molecular weight excluding hydrogens is 492 g/mol. The molecule has 0 saturated carbocycles. The fourth-order valence-corrected chi connectivity index (χ4v) is 7.07. The average Bonchev–Trinajstić information content (AvgIpc) is 3.03. The van der Waals surface area contributed by atoms with E-state index in [2.05, 4.69) is 159 Å². The van der Waals surface area contributed by atoms with Gasteiger partial charge in [-0.2, -0.15) is 0 Å². The van der Waals surface area contributed by atoms with Gasteiger partial charge in [-0.1, -0.05) is 153 Å². The van der Waals surface area contributed by atoms with E-state index in [-0.39, 0.29) is 5.41 Å². The van der Waals surface area contributed by atoms with E-state index < -0.39 is 0 Å². The second-order valence-corrected chi connectivity index (χ2v) is 11.7. The summed E-state index contributed by atoms with van der Waals surface area (Å²) in [6, 6.07) is 53.5. The molecule has 0 bridgehead atoms. The molecule has 41 heavy (non-hydrogen) atoms. The van der Waals surface area contributed by atoms with Crippen LogP contribution in [0, 0.1) is 0 Å². The van der Waals surface area contributed by atoms with Crippen LogP contribution < -0.4 is 0 Å². The third kappa shape index (κ3) is 3.61. The Morgan fingerprint density at radius 3 is 1.66 bits per heavy atom. The predicted octanol–water partition coefficient (Wildman–Crippen LogP) is 11.3. The Balaban J connectivity index is 1.37. The molecule has 0 nitrogen and oxygen atoms in total. The molecule has 8 rings (SSSR count). The van der Waals surface area contributed by atoms with Gasteiger partial charge in [0.15, 0.2) is 0 Å². The van der Waals surface area contributed by atoms with Crippen LogP contribution in [0.3, 0.4) is 0 Å². The summed E-state index contributed by atoms with van der Waals surface area (Å²) in [5.74, 6) is 0. The van der Waals surface area contributed by atoms with Gasteiger partial charge in [0.1, 0.15) is 0 Å². The maximum atomic E-state index is 2.37. The summed E-state index contributed by atoms with van der Waals surface area (Å²) in [6.45, 7) is 4.75. The van der Waals surface area contributed by atoms with E-state index in [1.165, 1.54) is 77.2 Å². The Bertz CT molecular complexity index is 2090. The summed E-state index contributed by atoms with van der Waals surface area (Å²) in [6.07, 6.45) is 0. The monoisotopic (exact) mass is 522 g/mol. The molecule has 0 aromatic heterocycles. The highest BCUT2D eigenvalue weighted by atomic mass is 14.4. The van der Waals surface area contributed by atoms with Crippen LogP contribution >= 0.6 is 0 Å². The van der Waals surface area contributed by atoms with Gasteiger partial charge >= 0.3 is 0 Å². The lowest BCUT2D eigenvalue weighted by Gasteiger charge is -2.36. The van der Waals surface area contributed by atoms with Crippen LogP contribution in [0.1, 0.15) is 25.0 Å². The molecule has 7 aromatic carbocycles. The Labute approximate surface area is 241 Å². The third-order valence-electron chi connectivity index (χ3n) is 9.07. The van der Waals surface area contributed by atoms with Gasteiger partial charge in [-0.15, -0.1) is 0 Å². The first-order valence-electron chi connectivity index (χ1n) is 14.5. The van der Waals surface area contributed by atoms with Crippen molar-refractivity contribution < 1.29 is 0 Å². The van der Waals surface area contributed by atoms with Crippen LogP contribution in [-0.2, 0) is 5.41 Å². The van der Waals surface area contributed by atoms with Crippen LogP contribution in [0.2, 0.25) is 0 Å². The molecule has 0 heteroatoms. The average molecular weight is 523 g/mol. The fourth-order valence-electron chi connectivity index (χ4n) is 7.07. The maximum Gasteiger partial charge on any atom is 0.0159 e. The molecule has 7 aromatic rings. The number of hydrogen-bond acceptors (Lipinski definition) is 0. The number of benzene rings is 7. The largest absolute Gasteiger partial charge is 0.0622 e. The van der Waals surface area contributed by atoms with E-state index in [0.29, 0.717) is 0 Å². The maximum absolute atomic E-state index is 2.37. The van der Waals surface area contributed by atoms with E-state index in [1.807, 2.05) is 0 Å². The first kappa shape index (κ1) is 23.9. The number of fused-ring (bicyclic) bond motifs is 4. The second-order valence-electron chi connectivity index (χ2n) is 11.7. The Kier molecular flexibility index (Phi) is 5.27. The van der Waals surface area contributed by atoms with Crippen LogP contribution in [-0.4, -0.2) is 0 Å². The molecular formula is C41H30. The van der Waals surface area contributed by atoms with Crippen molar-refractivity contribution >= 4 is 21.5 Å². The molecule has 0 unspecified atom stereocenters. The highest BCUT2D eigenvalue weighted by Gasteiger charge is 2.34. The molecule has 0 spiro atoms. The zero-order valence-electron chi connectivity index (χ0n) is 23.4. The topological polar surface area (TPSA) is 0 Å². The predicted molar refractivity (Wildman–Crippen MR) is 175 cm³/mol. The molecule has 1 aliphatic rings. The summed E-state index contributed by atoms with van der Waals surface area (Å²) in [4.78, 5) is 0. The first-order valence-corrected chi connectivity index (χ1v) is 14.5. The van der Waals surface area contributed by atoms with Crippen molar-refractivity contribution in [1.82, 2.24) is 0 Å². The van der Waals surface area contributed by atoms with Gasteiger partial charge in [0, 0.05) is 5.41 Å². The quantitative estimate of drug-likeness (QED) is 0.202. The van der Waals surface area contributed by atoms with Gasteiger partial charge in [0.05, 0.1) is 0 Å². The normalized spacial score (nSPS) is 13.3. The van der Waals surface area contributed by atoms with Crippen molar-refractivity contribution in [3.8, 4) is 44.5 Å². The Hall–Kier alpha value is -4.94. The van der Waals surface area contributed by atoms with Gasteiger partial charge in [-0.05, 0) is 83.2 Å². The molecule has 0 atom stereocenters. The number of rotatable bonds is 3. The SMILES string of the molecule is CC1(C)c2ccccc2-c2c3ccccc3c(-c3cccc(-c4ccc(-c5ccccc5)cc4)c3)c3cccc1c23. The molecule has 0 amide bonds. The van der Waals surface area contributed by atoms with E-state index in [4.69, 9.17) is 0 Å². The summed E-state index contributed by atoms with van der Waals surface area (Å²) in [7, 11) is 0. The van der Waals surface area contributed by atoms with Crippen LogP contribution in [0.15, 0.2) is 146 Å². The minimum absolute atomic E-state index is 0.0782. The highest BCUT2D eigenvalue weighted by Crippen LogP contribution is 2.53. The summed E-state index contributed by atoms with van der Waals surface area (Å²) < 4.78 is 0. The van der Waals surface area contributed by atoms with E-state index in [9.17, 15) is 0 Å². The fraction of sp³-hybridized carbons (Fsp3) is 0.0732. The van der Waals surface area contributed by atoms with E-state index in [1.54, 1.807) is 0 Å². The molecule has 0 radical (unpaired) electrons. The first-order chi connectivity index (χ1) is 20.1. The van der Waals surface area contributed by atoms with Crippen molar-refractivity contribution in [2.45, 2.75) is 19.3 Å². The summed E-state index contributed by atoms with van der Waals surface area (Å²) in [5.41, 5.74) is 13.0. The van der Waals surface area contributed by atoms with E-state index in [0.717, 1.165) is 0 Å². The molecule has 0 N–H and O–H groups in total. The lowest BCUT2D eigenvalue weighted by atomic mass is 9.67. The van der Waals surface area contributed by atoms with Crippen molar-refractivity contribution in [3.05, 3.63) is 157 Å². The molecule has 0 heterocycles. The van der Waals surface area contributed by atoms with Crippen molar-refractivity contribution in [2.24, 2.45) is 0 Å². The lowest BCUT2D eigenvalue weighted by molar-refractivity contribution is 0.645. The molecule has 0 aliphatic heterocycles. The minimum Gasteiger partial charge on any atom is -0.0622 e. The highest BCUT2D eigenvalue weighted by molar-refractivity contribution is 6.23. The zero-order chi connectivity index (χ0) is 27.6. The molecule has 194 valence electrons. The van der Waals surface area contributed by atoms with E-state index >= 15 is 0 Å². The lowest BCUT2D eigenvalue weighted by Crippen LogP contribution is -2.23. The Morgan fingerprint density at radius 2 is 0.878 bits per heavy atom. The standard InChI is InChI=1S/C41H30/c1-41(2)36-20-9-8-18-34(36)39-33-17-7-6-16-32(33)38(35-19-11-21-37(41)40(35)39)31-15-10-14-30(26-31)29-24-22-28(23-25-29)27-12-4-3-5-13-27/h3-26H,1-2H3. The Morgan fingerprint density at radius 1 is 0.366 bits per heavy atom. The second kappa shape index (κ2) is 9.04. The van der Waals surface area contributed by atoms with Crippen molar-refractivity contribution in [1.29, 1.82) is 0 Å². The smallest absolute Gasteiger partial charge is 0.0159 e. The van der Waals surface area contributed by atoms with Gasteiger partial charge in [-0.25, -0.2) is 0 Å². The molecule has 0 saturated heterocycles. The molecule has 0 fully saturated rings. The van der Waals surface area contributed by atoms with Gasteiger partial charge < -0.3 is 0 Å². The van der Waals surface area contributed by atoms with Crippen molar-refractivity contribution in [3.63, 3.8) is 0 Å². The third-order valence-corrected chi connectivity index (χ3v) is 9.07. The van der Waals surface area contributed by atoms with Gasteiger partial charge in [0.2, 0.25) is 0 Å². The van der Waals surface area contributed by atoms with Crippen molar-refractivity contribution in [2.75, 3.05) is 0 Å². The molecule has 1 aliphatic carbocycles. The van der Waals surface area contributed by atoms with Gasteiger partial charge in [-0.3, -0.25) is 0 Å². The zero-order valence-corrected chi connectivity index (χ0v) is 23.4. The summed E-state index contributed by atoms with van der Waals surface area (Å²) in [5, 5.41) is 5.35. The van der Waals surface area contributed by atoms with Crippen LogP contribution in [0.25, 0.3) is 66.1 Å². The van der Waals surface area contributed by atoms with Gasteiger partial charge in [0.25, 0.3) is 0 Å². The number of hydrogen-bond donors (Lipinski definition) is 0. The minimum atomic E-state index is -0.0782. The van der Waals surface area contributed by atoms with Crippen LogP contribution in [0.4, 0.5) is 0 Å². The summed E-state index contributed by atoms with van der Waals surface area (Å²) >= 11 is 0. The van der Waals surface area contributed by atoms with Crippen LogP contribution in [0.5, 0.6) is 0 Å².